The first-order chi connectivity index (χ1) is 16.3. The van der Waals surface area contributed by atoms with Crippen LogP contribution in [0.3, 0.4) is 0 Å². The minimum absolute atomic E-state index is 0.0449. The molecule has 7 atom stereocenters. The molecule has 2 N–H and O–H groups in total. The number of hydrogen-bond acceptors (Lipinski definition) is 7. The van der Waals surface area contributed by atoms with Crippen LogP contribution >= 0.6 is 0 Å². The molecule has 1 fully saturated rings. The van der Waals surface area contributed by atoms with Crippen LogP contribution in [-0.4, -0.2) is 51.8 Å². The average molecular weight is 491 g/mol. The molecule has 3 aliphatic carbocycles. The highest BCUT2D eigenvalue weighted by molar-refractivity contribution is 6.04. The fourth-order valence-electron chi connectivity index (χ4n) is 6.76. The van der Waals surface area contributed by atoms with Gasteiger partial charge in [-0.25, -0.2) is 0 Å². The standard InChI is InChI=1S/C28H42O7/c1-8-10-21(30)34-25-17(4)23-19(26(5,6)27(25,7)35-22(31)11-9-2)13-18(15-29)14-28(33)20(23)12-16(3)24(28)32/h12-13,17,19-20,23,25,29,33H,8-11,14-15H2,1-7H3/t17-,19+,20-,23?,25+,27+,28+/m0/s1. The van der Waals surface area contributed by atoms with E-state index < -0.39 is 28.6 Å². The van der Waals surface area contributed by atoms with E-state index >= 15 is 0 Å². The van der Waals surface area contributed by atoms with Crippen molar-refractivity contribution in [3.8, 4) is 0 Å². The van der Waals surface area contributed by atoms with Gasteiger partial charge in [-0.15, -0.1) is 0 Å². The summed E-state index contributed by atoms with van der Waals surface area (Å²) >= 11 is 0. The maximum Gasteiger partial charge on any atom is 0.306 e. The lowest BCUT2D eigenvalue weighted by molar-refractivity contribution is -0.249. The number of Topliss-reactive ketones (excluding diaryl/α,β-unsaturated/α-hetero) is 1. The molecular weight excluding hydrogens is 448 g/mol. The molecule has 3 rings (SSSR count). The molecule has 0 aromatic carbocycles. The molecule has 0 heterocycles. The normalized spacial score (nSPS) is 38.0. The molecule has 0 aliphatic heterocycles. The van der Waals surface area contributed by atoms with E-state index in [1.807, 2.05) is 53.7 Å². The van der Waals surface area contributed by atoms with E-state index in [9.17, 15) is 24.6 Å². The van der Waals surface area contributed by atoms with Crippen LogP contribution in [0.4, 0.5) is 0 Å². The lowest BCUT2D eigenvalue weighted by Gasteiger charge is -2.60. The van der Waals surface area contributed by atoms with Gasteiger partial charge in [-0.2, -0.15) is 0 Å². The summed E-state index contributed by atoms with van der Waals surface area (Å²) in [5.74, 6) is -2.43. The van der Waals surface area contributed by atoms with E-state index in [0.29, 0.717) is 24.0 Å². The summed E-state index contributed by atoms with van der Waals surface area (Å²) in [7, 11) is 0. The van der Waals surface area contributed by atoms with Gasteiger partial charge in [0.05, 0.1) is 6.61 Å². The number of esters is 2. The second-order valence-electron chi connectivity index (χ2n) is 11.5. The van der Waals surface area contributed by atoms with Crippen molar-refractivity contribution in [1.82, 2.24) is 0 Å². The molecule has 35 heavy (non-hydrogen) atoms. The van der Waals surface area contributed by atoms with Gasteiger partial charge in [0.15, 0.2) is 11.4 Å². The van der Waals surface area contributed by atoms with Crippen LogP contribution in [0, 0.1) is 29.1 Å². The zero-order valence-corrected chi connectivity index (χ0v) is 22.2. The largest absolute Gasteiger partial charge is 0.458 e. The second-order valence-corrected chi connectivity index (χ2v) is 11.5. The van der Waals surface area contributed by atoms with Crippen LogP contribution in [0.2, 0.25) is 0 Å². The zero-order valence-electron chi connectivity index (χ0n) is 22.2. The van der Waals surface area contributed by atoms with Crippen LogP contribution in [0.25, 0.3) is 0 Å². The van der Waals surface area contributed by atoms with Crippen LogP contribution in [0.15, 0.2) is 23.3 Å². The molecule has 196 valence electrons. The molecule has 7 nitrogen and oxygen atoms in total. The number of allylic oxidation sites excluding steroid dienone is 1. The van der Waals surface area contributed by atoms with E-state index in [0.717, 1.165) is 0 Å². The van der Waals surface area contributed by atoms with E-state index in [-0.39, 0.29) is 61.3 Å². The minimum Gasteiger partial charge on any atom is -0.458 e. The molecule has 3 aliphatic rings. The van der Waals surface area contributed by atoms with Gasteiger partial charge in [-0.3, -0.25) is 14.4 Å². The van der Waals surface area contributed by atoms with E-state index in [2.05, 4.69) is 0 Å². The Morgan fingerprint density at radius 2 is 1.66 bits per heavy atom. The van der Waals surface area contributed by atoms with Crippen molar-refractivity contribution in [2.75, 3.05) is 6.61 Å². The molecule has 7 heteroatoms. The van der Waals surface area contributed by atoms with E-state index in [4.69, 9.17) is 9.47 Å². The molecule has 0 bridgehead atoms. The second kappa shape index (κ2) is 9.81. The minimum atomic E-state index is -1.66. The zero-order chi connectivity index (χ0) is 26.3. The third-order valence-electron chi connectivity index (χ3n) is 8.91. The van der Waals surface area contributed by atoms with Gasteiger partial charge in [-0.05, 0) is 49.7 Å². The average Bonchev–Trinajstić information content (AvgIpc) is 2.91. The van der Waals surface area contributed by atoms with Crippen molar-refractivity contribution >= 4 is 17.7 Å². The van der Waals surface area contributed by atoms with Crippen LogP contribution in [0.1, 0.15) is 80.6 Å². The predicted octanol–water partition coefficient (Wildman–Crippen LogP) is 3.91. The van der Waals surface area contributed by atoms with E-state index in [1.165, 1.54) is 0 Å². The third kappa shape index (κ3) is 4.39. The first-order valence-electron chi connectivity index (χ1n) is 13.0. The number of aliphatic hydroxyl groups is 2. The van der Waals surface area contributed by atoms with Crippen LogP contribution in [-0.2, 0) is 23.9 Å². The van der Waals surface area contributed by atoms with Crippen LogP contribution in [0.5, 0.6) is 0 Å². The van der Waals surface area contributed by atoms with E-state index in [1.54, 1.807) is 6.92 Å². The van der Waals surface area contributed by atoms with Crippen molar-refractivity contribution in [3.05, 3.63) is 23.3 Å². The fourth-order valence-corrected chi connectivity index (χ4v) is 6.76. The maximum absolute atomic E-state index is 13.1. The Morgan fingerprint density at radius 3 is 2.23 bits per heavy atom. The number of carbonyl (C=O) groups is 3. The maximum atomic E-state index is 13.1. The summed E-state index contributed by atoms with van der Waals surface area (Å²) in [6, 6.07) is 0. The molecule has 0 aromatic rings. The molecule has 0 saturated heterocycles. The first-order valence-corrected chi connectivity index (χ1v) is 13.0. The summed E-state index contributed by atoms with van der Waals surface area (Å²) in [6.07, 6.45) is 4.84. The summed E-state index contributed by atoms with van der Waals surface area (Å²) in [5, 5.41) is 21.9. The van der Waals surface area contributed by atoms with Gasteiger partial charge < -0.3 is 19.7 Å². The van der Waals surface area contributed by atoms with Crippen molar-refractivity contribution < 1.29 is 34.1 Å². The monoisotopic (exact) mass is 490 g/mol. The Labute approximate surface area is 208 Å². The number of ether oxygens (including phenoxy) is 2. The molecular formula is C28H42O7. The SMILES string of the molecule is CCCC(=O)O[C@@H]1[C@@H](C)C2[C@@H](C=C(CO)C[C@]3(O)C(=O)C(C)=C[C@@H]23)C(C)(C)[C@]1(C)OC(=O)CCC. The molecule has 1 unspecified atom stereocenters. The van der Waals surface area contributed by atoms with Crippen molar-refractivity contribution in [2.24, 2.45) is 29.1 Å². The highest BCUT2D eigenvalue weighted by Gasteiger charge is 2.68. The lowest BCUT2D eigenvalue weighted by Crippen LogP contribution is -2.68. The molecule has 0 aromatic heterocycles. The number of rotatable bonds is 7. The van der Waals surface area contributed by atoms with Gasteiger partial charge in [0.25, 0.3) is 0 Å². The number of ketones is 1. The van der Waals surface area contributed by atoms with Crippen molar-refractivity contribution in [3.63, 3.8) is 0 Å². The van der Waals surface area contributed by atoms with Crippen molar-refractivity contribution in [1.29, 1.82) is 0 Å². The summed E-state index contributed by atoms with van der Waals surface area (Å²) in [6.45, 7) is 13.0. The first kappa shape index (κ1) is 27.6. The highest BCUT2D eigenvalue weighted by Crippen LogP contribution is 2.61. The summed E-state index contributed by atoms with van der Waals surface area (Å²) in [5.41, 5.74) is -2.48. The molecule has 0 radical (unpaired) electrons. The van der Waals surface area contributed by atoms with Gasteiger partial charge in [0.2, 0.25) is 0 Å². The van der Waals surface area contributed by atoms with Crippen molar-refractivity contribution in [2.45, 2.75) is 97.9 Å². The molecule has 0 amide bonds. The number of aliphatic hydroxyl groups excluding tert-OH is 1. The highest BCUT2D eigenvalue weighted by atomic mass is 16.6. The number of carbonyl (C=O) groups excluding carboxylic acids is 3. The Kier molecular flexibility index (Phi) is 7.74. The Balaban J connectivity index is 2.21. The van der Waals surface area contributed by atoms with Gasteiger partial charge in [-0.1, -0.05) is 46.8 Å². The number of fused-ring (bicyclic) bond motifs is 3. The number of hydrogen-bond donors (Lipinski definition) is 2. The Hall–Kier alpha value is -1.99. The third-order valence-corrected chi connectivity index (χ3v) is 8.91. The smallest absolute Gasteiger partial charge is 0.306 e. The fraction of sp³-hybridized carbons (Fsp3) is 0.750. The topological polar surface area (TPSA) is 110 Å². The predicted molar refractivity (Wildman–Crippen MR) is 131 cm³/mol. The van der Waals surface area contributed by atoms with Gasteiger partial charge in [0.1, 0.15) is 11.7 Å². The lowest BCUT2D eigenvalue weighted by atomic mass is 9.49. The summed E-state index contributed by atoms with van der Waals surface area (Å²) < 4.78 is 12.3. The van der Waals surface area contributed by atoms with Gasteiger partial charge >= 0.3 is 11.9 Å². The Bertz CT molecular complexity index is 932. The Morgan fingerprint density at radius 1 is 1.06 bits per heavy atom. The summed E-state index contributed by atoms with van der Waals surface area (Å²) in [4.78, 5) is 38.7. The van der Waals surface area contributed by atoms with Gasteiger partial charge in [0, 0.05) is 36.5 Å². The molecule has 0 spiro atoms. The quantitative estimate of drug-likeness (QED) is 0.411. The molecule has 1 saturated carbocycles. The van der Waals surface area contributed by atoms with Crippen LogP contribution < -0.4 is 0 Å².